The second-order valence-corrected chi connectivity index (χ2v) is 6.71. The first-order chi connectivity index (χ1) is 10.2. The highest BCUT2D eigenvalue weighted by atomic mass is 32.2. The molecule has 1 aromatic rings. The van der Waals surface area contributed by atoms with Gasteiger partial charge in [-0.25, -0.2) is 0 Å². The standard InChI is InChI=1S/C15H17N5S/c1-11(13-6-4-8-20(13)10-17)18-15(9-16)19-12-5-2-3-7-14(12)21-15/h2-3,5,7,11,13,18-19H,4,6,8H2,1H3. The Hall–Kier alpha value is -1.89. The fourth-order valence-corrected chi connectivity index (χ4v) is 4.20. The molecule has 3 unspecified atom stereocenters. The predicted molar refractivity (Wildman–Crippen MR) is 82.2 cm³/mol. The molecule has 0 saturated carbocycles. The Bertz CT molecular complexity index is 592. The number of anilines is 1. The van der Waals surface area contributed by atoms with Crippen LogP contribution in [0.15, 0.2) is 29.2 Å². The van der Waals surface area contributed by atoms with Crippen LogP contribution in [0.2, 0.25) is 0 Å². The van der Waals surface area contributed by atoms with Crippen molar-refractivity contribution < 1.29 is 0 Å². The van der Waals surface area contributed by atoms with E-state index in [4.69, 9.17) is 0 Å². The monoisotopic (exact) mass is 299 g/mol. The van der Waals surface area contributed by atoms with Crippen molar-refractivity contribution in [2.45, 2.75) is 41.7 Å². The summed E-state index contributed by atoms with van der Waals surface area (Å²) in [7, 11) is 0. The Kier molecular flexibility index (Phi) is 3.67. The zero-order chi connectivity index (χ0) is 14.9. The smallest absolute Gasteiger partial charge is 0.232 e. The van der Waals surface area contributed by atoms with Crippen LogP contribution in [0.25, 0.3) is 0 Å². The minimum Gasteiger partial charge on any atom is -0.346 e. The van der Waals surface area contributed by atoms with Gasteiger partial charge in [-0.05, 0) is 31.9 Å². The van der Waals surface area contributed by atoms with Crippen LogP contribution in [0.3, 0.4) is 0 Å². The van der Waals surface area contributed by atoms with Crippen LogP contribution in [0.1, 0.15) is 19.8 Å². The Balaban J connectivity index is 1.75. The molecule has 6 heteroatoms. The van der Waals surface area contributed by atoms with Gasteiger partial charge in [0.2, 0.25) is 4.99 Å². The molecule has 1 fully saturated rings. The van der Waals surface area contributed by atoms with Gasteiger partial charge in [0.25, 0.3) is 0 Å². The van der Waals surface area contributed by atoms with Crippen molar-refractivity contribution in [3.8, 4) is 12.3 Å². The van der Waals surface area contributed by atoms with Crippen molar-refractivity contribution in [2.24, 2.45) is 0 Å². The van der Waals surface area contributed by atoms with Crippen molar-refractivity contribution >= 4 is 17.4 Å². The third-order valence-electron chi connectivity index (χ3n) is 4.05. The molecule has 2 aliphatic rings. The Labute approximate surface area is 128 Å². The fourth-order valence-electron chi connectivity index (χ4n) is 3.04. The first-order valence-corrected chi connectivity index (χ1v) is 7.90. The Morgan fingerprint density at radius 1 is 1.48 bits per heavy atom. The summed E-state index contributed by atoms with van der Waals surface area (Å²) in [5, 5.41) is 25.5. The number of likely N-dealkylation sites (tertiary alicyclic amines) is 1. The molecule has 2 aliphatic heterocycles. The lowest BCUT2D eigenvalue weighted by Gasteiger charge is -2.32. The van der Waals surface area contributed by atoms with Gasteiger partial charge < -0.3 is 10.2 Å². The zero-order valence-electron chi connectivity index (χ0n) is 11.8. The van der Waals surface area contributed by atoms with Gasteiger partial charge >= 0.3 is 0 Å². The summed E-state index contributed by atoms with van der Waals surface area (Å²) in [6.45, 7) is 2.86. The quantitative estimate of drug-likeness (QED) is 0.834. The average molecular weight is 299 g/mol. The maximum atomic E-state index is 9.63. The normalized spacial score (nSPS) is 28.3. The molecule has 0 aliphatic carbocycles. The minimum absolute atomic E-state index is 0.0566. The van der Waals surface area contributed by atoms with E-state index in [1.807, 2.05) is 36.1 Å². The zero-order valence-corrected chi connectivity index (χ0v) is 12.7. The molecule has 1 aromatic carbocycles. The number of nitrogens with one attached hydrogen (secondary N) is 2. The third kappa shape index (κ3) is 2.53. The highest BCUT2D eigenvalue weighted by Crippen LogP contribution is 2.43. The number of benzene rings is 1. The number of hydrogen-bond acceptors (Lipinski definition) is 6. The molecule has 0 spiro atoms. The van der Waals surface area contributed by atoms with Gasteiger partial charge in [0, 0.05) is 17.5 Å². The lowest BCUT2D eigenvalue weighted by atomic mass is 10.1. The van der Waals surface area contributed by atoms with Crippen LogP contribution in [-0.4, -0.2) is 28.5 Å². The summed E-state index contributed by atoms with van der Waals surface area (Å²) >= 11 is 1.49. The van der Waals surface area contributed by atoms with Gasteiger partial charge in [0.1, 0.15) is 6.07 Å². The first kappa shape index (κ1) is 14.1. The number of nitriles is 2. The van der Waals surface area contributed by atoms with Crippen LogP contribution in [0.4, 0.5) is 5.69 Å². The van der Waals surface area contributed by atoms with E-state index < -0.39 is 4.99 Å². The molecule has 21 heavy (non-hydrogen) atoms. The predicted octanol–water partition coefficient (Wildman–Crippen LogP) is 2.31. The van der Waals surface area contributed by atoms with Gasteiger partial charge in [-0.3, -0.25) is 5.32 Å². The second kappa shape index (κ2) is 5.48. The number of nitrogens with zero attached hydrogens (tertiary/aromatic N) is 3. The van der Waals surface area contributed by atoms with Crippen molar-refractivity contribution in [3.05, 3.63) is 24.3 Å². The first-order valence-electron chi connectivity index (χ1n) is 7.09. The van der Waals surface area contributed by atoms with Crippen molar-refractivity contribution in [3.63, 3.8) is 0 Å². The second-order valence-electron chi connectivity index (χ2n) is 5.45. The van der Waals surface area contributed by atoms with E-state index in [1.54, 1.807) is 0 Å². The summed E-state index contributed by atoms with van der Waals surface area (Å²) in [5.41, 5.74) is 0.979. The lowest BCUT2D eigenvalue weighted by Crippen LogP contribution is -2.55. The number of para-hydroxylation sites is 1. The van der Waals surface area contributed by atoms with Gasteiger partial charge in [0.05, 0.1) is 11.7 Å². The van der Waals surface area contributed by atoms with Crippen LogP contribution >= 0.6 is 11.8 Å². The Morgan fingerprint density at radius 2 is 2.29 bits per heavy atom. The van der Waals surface area contributed by atoms with Crippen LogP contribution < -0.4 is 10.6 Å². The Morgan fingerprint density at radius 3 is 3.00 bits per heavy atom. The lowest BCUT2D eigenvalue weighted by molar-refractivity contribution is 0.284. The largest absolute Gasteiger partial charge is 0.346 e. The molecule has 2 heterocycles. The van der Waals surface area contributed by atoms with E-state index in [-0.39, 0.29) is 12.1 Å². The van der Waals surface area contributed by atoms with E-state index in [1.165, 1.54) is 11.8 Å². The van der Waals surface area contributed by atoms with Crippen molar-refractivity contribution in [1.29, 1.82) is 10.5 Å². The van der Waals surface area contributed by atoms with Crippen LogP contribution in [-0.2, 0) is 0 Å². The number of hydrogen-bond donors (Lipinski definition) is 2. The number of rotatable bonds is 3. The molecule has 2 N–H and O–H groups in total. The van der Waals surface area contributed by atoms with E-state index in [0.717, 1.165) is 30.0 Å². The molecule has 0 aromatic heterocycles. The average Bonchev–Trinajstić information content (AvgIpc) is 3.11. The number of thioether (sulfide) groups is 1. The summed E-state index contributed by atoms with van der Waals surface area (Å²) in [6, 6.07) is 10.5. The highest BCUT2D eigenvalue weighted by molar-refractivity contribution is 8.01. The molecule has 0 bridgehead atoms. The molecular formula is C15H17N5S. The van der Waals surface area contributed by atoms with E-state index in [2.05, 4.69) is 22.9 Å². The van der Waals surface area contributed by atoms with Crippen LogP contribution in [0.5, 0.6) is 0 Å². The van der Waals surface area contributed by atoms with Gasteiger partial charge in [-0.2, -0.15) is 10.5 Å². The molecular weight excluding hydrogens is 282 g/mol. The molecule has 3 rings (SSSR count). The number of fused-ring (bicyclic) bond motifs is 1. The maximum Gasteiger partial charge on any atom is 0.232 e. The maximum absolute atomic E-state index is 9.63. The SMILES string of the molecule is CC(NC1(C#N)Nc2ccccc2S1)C1CCCN1C#N. The summed E-state index contributed by atoms with van der Waals surface area (Å²) in [4.78, 5) is 2.03. The van der Waals surface area contributed by atoms with Crippen molar-refractivity contribution in [1.82, 2.24) is 10.2 Å². The molecule has 0 amide bonds. The molecule has 5 nitrogen and oxygen atoms in total. The fraction of sp³-hybridized carbons (Fsp3) is 0.467. The molecule has 1 saturated heterocycles. The topological polar surface area (TPSA) is 74.9 Å². The van der Waals surface area contributed by atoms with E-state index >= 15 is 0 Å². The molecule has 108 valence electrons. The molecule has 3 atom stereocenters. The summed E-state index contributed by atoms with van der Waals surface area (Å²) in [5.74, 6) is 0. The molecule has 0 radical (unpaired) electrons. The van der Waals surface area contributed by atoms with Gasteiger partial charge in [0.15, 0.2) is 6.19 Å². The highest BCUT2D eigenvalue weighted by Gasteiger charge is 2.41. The summed E-state index contributed by atoms with van der Waals surface area (Å²) < 4.78 is 0. The van der Waals surface area contributed by atoms with Gasteiger partial charge in [-0.1, -0.05) is 23.9 Å². The van der Waals surface area contributed by atoms with Gasteiger partial charge in [-0.15, -0.1) is 0 Å². The van der Waals surface area contributed by atoms with Crippen LogP contribution in [0, 0.1) is 22.8 Å². The minimum atomic E-state index is -0.854. The van der Waals surface area contributed by atoms with E-state index in [9.17, 15) is 10.5 Å². The third-order valence-corrected chi connectivity index (χ3v) is 5.25. The van der Waals surface area contributed by atoms with Crippen molar-refractivity contribution in [2.75, 3.05) is 11.9 Å². The summed E-state index contributed by atoms with van der Waals surface area (Å²) in [6.07, 6.45) is 4.27. The van der Waals surface area contributed by atoms with E-state index in [0.29, 0.717) is 0 Å².